The van der Waals surface area contributed by atoms with Gasteiger partial charge in [0.15, 0.2) is 0 Å². The van der Waals surface area contributed by atoms with Gasteiger partial charge >= 0.3 is 16.2 Å². The maximum absolute atomic E-state index is 13.0. The molecule has 1 aromatic carbocycles. The van der Waals surface area contributed by atoms with Gasteiger partial charge in [-0.3, -0.25) is 9.10 Å². The highest BCUT2D eigenvalue weighted by Gasteiger charge is 2.26. The van der Waals surface area contributed by atoms with E-state index in [-0.39, 0.29) is 6.42 Å². The minimum Gasteiger partial charge on any atom is -0.481 e. The Kier molecular flexibility index (Phi) is 13.4. The quantitative estimate of drug-likeness (QED) is 0.295. The third-order valence-electron chi connectivity index (χ3n) is 5.28. The number of rotatable bonds is 18. The number of carboxylic acids is 1. The standard InChI is InChI=1S/C23H40N2O4S/c1-3-5-6-7-8-9-10-11-12-16-19-25(22-17-14-13-15-18-22)30(28,29)24-21(4-2)20-23(26)27/h13-15,17-18,21,24H,3-12,16,19-20H2,1-2H3,(H,26,27)/t21-/m0/s1. The number of hydrogen-bond acceptors (Lipinski definition) is 3. The summed E-state index contributed by atoms with van der Waals surface area (Å²) in [6, 6.07) is 8.39. The Bertz CT molecular complexity index is 680. The van der Waals surface area contributed by atoms with Crippen molar-refractivity contribution < 1.29 is 18.3 Å². The fourth-order valence-corrected chi connectivity index (χ4v) is 5.05. The first-order valence-electron chi connectivity index (χ1n) is 11.5. The van der Waals surface area contributed by atoms with Gasteiger partial charge in [0.2, 0.25) is 0 Å². The zero-order valence-corrected chi connectivity index (χ0v) is 19.5. The SMILES string of the molecule is CCCCCCCCCCCCN(c1ccccc1)S(=O)(=O)N[C@@H](CC)CC(=O)O. The second kappa shape index (κ2) is 15.2. The van der Waals surface area contributed by atoms with Gasteiger partial charge < -0.3 is 5.11 Å². The van der Waals surface area contributed by atoms with Gasteiger partial charge in [0, 0.05) is 12.6 Å². The van der Waals surface area contributed by atoms with Crippen LogP contribution in [0.15, 0.2) is 30.3 Å². The van der Waals surface area contributed by atoms with Crippen LogP contribution in [0.25, 0.3) is 0 Å². The second-order valence-corrected chi connectivity index (χ2v) is 9.54. The Morgan fingerprint density at radius 3 is 1.97 bits per heavy atom. The Balaban J connectivity index is 2.56. The molecule has 172 valence electrons. The van der Waals surface area contributed by atoms with Gasteiger partial charge in [0.25, 0.3) is 0 Å². The summed E-state index contributed by atoms with van der Waals surface area (Å²) in [6.45, 7) is 4.40. The highest BCUT2D eigenvalue weighted by atomic mass is 32.2. The van der Waals surface area contributed by atoms with Crippen LogP contribution in [0, 0.1) is 0 Å². The Labute approximate surface area is 183 Å². The molecule has 0 radical (unpaired) electrons. The summed E-state index contributed by atoms with van der Waals surface area (Å²) >= 11 is 0. The summed E-state index contributed by atoms with van der Waals surface area (Å²) in [6.07, 6.45) is 12.0. The number of nitrogens with one attached hydrogen (secondary N) is 1. The minimum atomic E-state index is -3.82. The van der Waals surface area contributed by atoms with E-state index in [1.165, 1.54) is 49.3 Å². The van der Waals surface area contributed by atoms with Gasteiger partial charge in [-0.15, -0.1) is 0 Å². The van der Waals surface area contributed by atoms with Crippen molar-refractivity contribution in [2.75, 3.05) is 10.8 Å². The summed E-state index contributed by atoms with van der Waals surface area (Å²) in [7, 11) is -3.82. The van der Waals surface area contributed by atoms with Crippen molar-refractivity contribution in [2.45, 2.75) is 96.9 Å². The number of unbranched alkanes of at least 4 members (excludes halogenated alkanes) is 9. The molecule has 6 nitrogen and oxygen atoms in total. The summed E-state index contributed by atoms with van der Waals surface area (Å²) in [5, 5.41) is 9.02. The molecule has 0 aliphatic heterocycles. The maximum atomic E-state index is 13.0. The van der Waals surface area contributed by atoms with E-state index in [0.717, 1.165) is 19.3 Å². The van der Waals surface area contributed by atoms with Crippen LogP contribution < -0.4 is 9.03 Å². The first kappa shape index (κ1) is 26.4. The van der Waals surface area contributed by atoms with E-state index >= 15 is 0 Å². The summed E-state index contributed by atoms with van der Waals surface area (Å²) < 4.78 is 29.9. The van der Waals surface area contributed by atoms with Gasteiger partial charge in [-0.05, 0) is 25.0 Å². The van der Waals surface area contributed by atoms with Crippen molar-refractivity contribution in [2.24, 2.45) is 0 Å². The number of carboxylic acid groups (broad SMARTS) is 1. The fourth-order valence-electron chi connectivity index (χ4n) is 3.48. The maximum Gasteiger partial charge on any atom is 0.304 e. The molecule has 0 spiro atoms. The molecule has 0 heterocycles. The number of benzene rings is 1. The fraction of sp³-hybridized carbons (Fsp3) is 0.696. The molecule has 2 N–H and O–H groups in total. The monoisotopic (exact) mass is 440 g/mol. The lowest BCUT2D eigenvalue weighted by molar-refractivity contribution is -0.137. The zero-order chi connectivity index (χ0) is 22.2. The second-order valence-electron chi connectivity index (χ2n) is 7.92. The lowest BCUT2D eigenvalue weighted by atomic mass is 10.1. The van der Waals surface area contributed by atoms with Crippen LogP contribution >= 0.6 is 0 Å². The molecule has 0 saturated heterocycles. The molecule has 0 aromatic heterocycles. The molecule has 30 heavy (non-hydrogen) atoms. The molecule has 0 aliphatic carbocycles. The third kappa shape index (κ3) is 11.0. The lowest BCUT2D eigenvalue weighted by Gasteiger charge is -2.27. The predicted molar refractivity (Wildman–Crippen MR) is 124 cm³/mol. The van der Waals surface area contributed by atoms with E-state index in [1.54, 1.807) is 19.1 Å². The number of para-hydroxylation sites is 1. The smallest absolute Gasteiger partial charge is 0.304 e. The van der Waals surface area contributed by atoms with Gasteiger partial charge in [-0.1, -0.05) is 89.8 Å². The summed E-state index contributed by atoms with van der Waals surface area (Å²) in [5.41, 5.74) is 0.603. The van der Waals surface area contributed by atoms with Crippen LogP contribution in [0.1, 0.15) is 90.9 Å². The molecule has 0 amide bonds. The number of nitrogens with zero attached hydrogens (tertiary/aromatic N) is 1. The molecule has 1 rings (SSSR count). The van der Waals surface area contributed by atoms with Gasteiger partial charge in [-0.25, -0.2) is 0 Å². The molecule has 1 atom stereocenters. The van der Waals surface area contributed by atoms with E-state index < -0.39 is 22.2 Å². The molecule has 0 saturated carbocycles. The minimum absolute atomic E-state index is 0.226. The summed E-state index contributed by atoms with van der Waals surface area (Å²) in [5.74, 6) is -1.01. The molecular weight excluding hydrogens is 400 g/mol. The van der Waals surface area contributed by atoms with Crippen LogP contribution in [0.5, 0.6) is 0 Å². The van der Waals surface area contributed by atoms with Crippen molar-refractivity contribution in [3.63, 3.8) is 0 Å². The van der Waals surface area contributed by atoms with Gasteiger partial charge in [-0.2, -0.15) is 13.1 Å². The van der Waals surface area contributed by atoms with Crippen molar-refractivity contribution >= 4 is 21.9 Å². The molecule has 0 aliphatic rings. The molecule has 0 unspecified atom stereocenters. The average Bonchev–Trinajstić information content (AvgIpc) is 2.71. The topological polar surface area (TPSA) is 86.7 Å². The van der Waals surface area contributed by atoms with Crippen LogP contribution in [0.3, 0.4) is 0 Å². The molecule has 0 bridgehead atoms. The first-order chi connectivity index (χ1) is 14.4. The lowest BCUT2D eigenvalue weighted by Crippen LogP contribution is -2.46. The van der Waals surface area contributed by atoms with Crippen molar-refractivity contribution in [1.82, 2.24) is 4.72 Å². The third-order valence-corrected chi connectivity index (χ3v) is 6.88. The van der Waals surface area contributed by atoms with Crippen LogP contribution in [0.2, 0.25) is 0 Å². The number of carbonyl (C=O) groups is 1. The first-order valence-corrected chi connectivity index (χ1v) is 12.9. The van der Waals surface area contributed by atoms with E-state index in [2.05, 4.69) is 11.6 Å². The predicted octanol–water partition coefficient (Wildman–Crippen LogP) is 5.50. The number of hydrogen-bond donors (Lipinski definition) is 2. The Morgan fingerprint density at radius 2 is 1.47 bits per heavy atom. The molecule has 7 heteroatoms. The summed E-state index contributed by atoms with van der Waals surface area (Å²) in [4.78, 5) is 11.0. The normalized spacial score (nSPS) is 12.6. The van der Waals surface area contributed by atoms with E-state index in [0.29, 0.717) is 18.7 Å². The van der Waals surface area contributed by atoms with E-state index in [1.807, 2.05) is 18.2 Å². The van der Waals surface area contributed by atoms with Crippen molar-refractivity contribution in [3.05, 3.63) is 30.3 Å². The number of aliphatic carboxylic acids is 1. The average molecular weight is 441 g/mol. The van der Waals surface area contributed by atoms with Crippen molar-refractivity contribution in [3.8, 4) is 0 Å². The zero-order valence-electron chi connectivity index (χ0n) is 18.7. The van der Waals surface area contributed by atoms with E-state index in [4.69, 9.17) is 5.11 Å². The van der Waals surface area contributed by atoms with E-state index in [9.17, 15) is 13.2 Å². The Hall–Kier alpha value is -1.60. The number of anilines is 1. The molecular formula is C23H40N2O4S. The van der Waals surface area contributed by atoms with Crippen molar-refractivity contribution in [1.29, 1.82) is 0 Å². The van der Waals surface area contributed by atoms with Gasteiger partial charge in [0.05, 0.1) is 12.1 Å². The highest BCUT2D eigenvalue weighted by Crippen LogP contribution is 2.19. The highest BCUT2D eigenvalue weighted by molar-refractivity contribution is 7.90. The van der Waals surface area contributed by atoms with Crippen LogP contribution in [-0.2, 0) is 15.0 Å². The van der Waals surface area contributed by atoms with Crippen LogP contribution in [-0.4, -0.2) is 32.1 Å². The molecule has 1 aromatic rings. The molecule has 0 fully saturated rings. The largest absolute Gasteiger partial charge is 0.481 e. The van der Waals surface area contributed by atoms with Gasteiger partial charge in [0.1, 0.15) is 0 Å². The van der Waals surface area contributed by atoms with Crippen LogP contribution in [0.4, 0.5) is 5.69 Å². The Morgan fingerprint density at radius 1 is 0.933 bits per heavy atom.